The monoisotopic (exact) mass is 397 g/mol. The van der Waals surface area contributed by atoms with Gasteiger partial charge in [0.25, 0.3) is 5.91 Å². The van der Waals surface area contributed by atoms with E-state index in [4.69, 9.17) is 5.10 Å². The van der Waals surface area contributed by atoms with Crippen LogP contribution in [0.5, 0.6) is 0 Å². The van der Waals surface area contributed by atoms with E-state index in [-0.39, 0.29) is 23.3 Å². The van der Waals surface area contributed by atoms with Gasteiger partial charge in [-0.3, -0.25) is 9.80 Å². The van der Waals surface area contributed by atoms with Crippen LogP contribution in [0, 0.1) is 23.6 Å². The van der Waals surface area contributed by atoms with Gasteiger partial charge in [-0.15, -0.1) is 0 Å². The highest BCUT2D eigenvalue weighted by molar-refractivity contribution is 6.39. The second-order valence-electron chi connectivity index (χ2n) is 9.81. The molecule has 0 saturated heterocycles. The van der Waals surface area contributed by atoms with Gasteiger partial charge < -0.3 is 5.32 Å². The summed E-state index contributed by atoms with van der Waals surface area (Å²) in [6.45, 7) is 2.94. The first-order valence-electron chi connectivity index (χ1n) is 11.5. The maximum atomic E-state index is 14.5. The fraction of sp³-hybridized carbons (Fsp3) is 0.667. The number of nitrogens with zero attached hydrogens (tertiary/aromatic N) is 2. The summed E-state index contributed by atoms with van der Waals surface area (Å²) < 4.78 is 14.5. The first kappa shape index (κ1) is 19.1. The Morgan fingerprint density at radius 3 is 2.69 bits per heavy atom. The van der Waals surface area contributed by atoms with Crippen molar-refractivity contribution in [2.45, 2.75) is 76.3 Å². The van der Waals surface area contributed by atoms with Gasteiger partial charge in [-0.1, -0.05) is 38.0 Å². The van der Waals surface area contributed by atoms with E-state index in [2.05, 4.69) is 12.2 Å². The van der Waals surface area contributed by atoms with Gasteiger partial charge in [-0.2, -0.15) is 5.10 Å². The van der Waals surface area contributed by atoms with Gasteiger partial charge in [0.1, 0.15) is 11.5 Å². The average Bonchev–Trinajstić information content (AvgIpc) is 3.29. The average molecular weight is 398 g/mol. The Balaban J connectivity index is 1.33. The van der Waals surface area contributed by atoms with Crippen LogP contribution in [0.15, 0.2) is 29.4 Å². The highest BCUT2D eigenvalue weighted by Gasteiger charge is 2.58. The zero-order valence-corrected chi connectivity index (χ0v) is 17.4. The number of nitrogens with one attached hydrogen (secondary N) is 1. The Morgan fingerprint density at radius 1 is 1.21 bits per heavy atom. The third-order valence-corrected chi connectivity index (χ3v) is 7.86. The Hall–Kier alpha value is -1.91. The largest absolute Gasteiger partial charge is 0.345 e. The van der Waals surface area contributed by atoms with Crippen molar-refractivity contribution in [1.82, 2.24) is 10.3 Å². The van der Waals surface area contributed by atoms with Gasteiger partial charge in [-0.05, 0) is 62.3 Å². The lowest BCUT2D eigenvalue weighted by Crippen LogP contribution is -2.51. The molecule has 4 nitrogen and oxygen atoms in total. The number of carbonyl (C=O) groups excluding carboxylic acids is 1. The van der Waals surface area contributed by atoms with E-state index in [0.29, 0.717) is 23.6 Å². The van der Waals surface area contributed by atoms with E-state index in [9.17, 15) is 9.18 Å². The first-order chi connectivity index (χ1) is 14.1. The van der Waals surface area contributed by atoms with Gasteiger partial charge in [-0.25, -0.2) is 4.39 Å². The molecule has 1 N–H and O–H groups in total. The Bertz CT molecular complexity index is 808. The lowest BCUT2D eigenvalue weighted by molar-refractivity contribution is -0.117. The zero-order valence-electron chi connectivity index (χ0n) is 17.4. The number of hydrazone groups is 1. The summed E-state index contributed by atoms with van der Waals surface area (Å²) in [6, 6.07) is 6.74. The third-order valence-electron chi connectivity index (χ3n) is 7.86. The van der Waals surface area contributed by atoms with Crippen LogP contribution in [0.1, 0.15) is 76.3 Å². The number of hydrogen-bond donors (Lipinski definition) is 1. The van der Waals surface area contributed by atoms with Crippen molar-refractivity contribution in [3.63, 3.8) is 0 Å². The molecule has 0 spiro atoms. The van der Waals surface area contributed by atoms with Crippen LogP contribution >= 0.6 is 0 Å². The topological polar surface area (TPSA) is 44.7 Å². The van der Waals surface area contributed by atoms with Crippen LogP contribution in [0.25, 0.3) is 0 Å². The van der Waals surface area contributed by atoms with Crippen molar-refractivity contribution < 1.29 is 9.18 Å². The molecule has 1 aromatic rings. The molecule has 4 bridgehead atoms. The predicted molar refractivity (Wildman–Crippen MR) is 112 cm³/mol. The van der Waals surface area contributed by atoms with E-state index in [0.717, 1.165) is 50.5 Å². The molecule has 1 aliphatic heterocycles. The van der Waals surface area contributed by atoms with E-state index in [1.165, 1.54) is 25.3 Å². The Kier molecular flexibility index (Phi) is 4.87. The quantitative estimate of drug-likeness (QED) is 0.671. The van der Waals surface area contributed by atoms with E-state index < -0.39 is 0 Å². The van der Waals surface area contributed by atoms with Crippen molar-refractivity contribution in [2.24, 2.45) is 22.9 Å². The number of unbranched alkanes of at least 4 members (excludes halogenated alkanes) is 2. The summed E-state index contributed by atoms with van der Waals surface area (Å²) in [6.07, 6.45) is 9.95. The third kappa shape index (κ3) is 3.36. The number of halogens is 1. The highest BCUT2D eigenvalue weighted by Crippen LogP contribution is 2.60. The van der Waals surface area contributed by atoms with Crippen LogP contribution in [0.2, 0.25) is 0 Å². The molecule has 4 saturated carbocycles. The molecule has 4 aliphatic carbocycles. The van der Waals surface area contributed by atoms with Crippen LogP contribution in [-0.2, 0) is 4.79 Å². The van der Waals surface area contributed by atoms with Crippen molar-refractivity contribution in [1.29, 1.82) is 0 Å². The Labute approximate surface area is 172 Å². The van der Waals surface area contributed by atoms with Crippen molar-refractivity contribution >= 4 is 11.6 Å². The highest BCUT2D eigenvalue weighted by atomic mass is 19.1. The number of rotatable bonds is 7. The number of hydrogen-bond acceptors (Lipinski definition) is 3. The zero-order chi connectivity index (χ0) is 20.0. The minimum Gasteiger partial charge on any atom is -0.345 e. The lowest BCUT2D eigenvalue weighted by atomic mass is 9.80. The van der Waals surface area contributed by atoms with E-state index in [1.807, 2.05) is 17.1 Å². The van der Waals surface area contributed by atoms with Gasteiger partial charge in [0.15, 0.2) is 0 Å². The van der Waals surface area contributed by atoms with Gasteiger partial charge in [0, 0.05) is 24.1 Å². The maximum absolute atomic E-state index is 14.5. The van der Waals surface area contributed by atoms with Crippen molar-refractivity contribution in [3.8, 4) is 0 Å². The summed E-state index contributed by atoms with van der Waals surface area (Å²) >= 11 is 0. The molecule has 1 aromatic carbocycles. The Morgan fingerprint density at radius 2 is 1.97 bits per heavy atom. The molecule has 0 aromatic heterocycles. The normalized spacial score (nSPS) is 34.7. The number of benzene rings is 1. The van der Waals surface area contributed by atoms with Crippen molar-refractivity contribution in [2.75, 3.05) is 6.54 Å². The minimum atomic E-state index is -0.208. The van der Waals surface area contributed by atoms with E-state index in [1.54, 1.807) is 6.07 Å². The molecular weight excluding hydrogens is 365 g/mol. The summed E-state index contributed by atoms with van der Waals surface area (Å²) in [5, 5.41) is 10.1. The first-order valence-corrected chi connectivity index (χ1v) is 11.5. The van der Waals surface area contributed by atoms with Crippen LogP contribution < -0.4 is 5.32 Å². The summed E-state index contributed by atoms with van der Waals surface area (Å²) in [7, 11) is 0. The molecular formula is C24H32FN3O. The van der Waals surface area contributed by atoms with E-state index >= 15 is 0 Å². The van der Waals surface area contributed by atoms with Gasteiger partial charge in [0.05, 0.1) is 6.04 Å². The lowest BCUT2D eigenvalue weighted by Gasteiger charge is -2.33. The van der Waals surface area contributed by atoms with Gasteiger partial charge >= 0.3 is 0 Å². The molecule has 1 heterocycles. The molecule has 1 amide bonds. The fourth-order valence-electron chi connectivity index (χ4n) is 6.74. The predicted octanol–water partition coefficient (Wildman–Crippen LogP) is 4.81. The second-order valence-corrected chi connectivity index (χ2v) is 9.81. The molecule has 0 radical (unpaired) electrons. The summed E-state index contributed by atoms with van der Waals surface area (Å²) in [5.41, 5.74) is 1.24. The smallest absolute Gasteiger partial charge is 0.268 e. The standard InChI is InChI=1S/C24H32FN3O/c1-2-3-6-9-28-22(19-7-4-5-8-20(19)25)13-21(27-28)23(29)26-24-14-16-10-17(15-24)12-18(24)11-16/h4-5,7-8,16-18,22H,2-3,6,9-15H2,1H3,(H,26,29). The number of carbonyl (C=O) groups is 1. The molecule has 4 fully saturated rings. The van der Waals surface area contributed by atoms with Crippen LogP contribution in [0.3, 0.4) is 0 Å². The summed E-state index contributed by atoms with van der Waals surface area (Å²) in [5.74, 6) is 2.03. The molecule has 3 unspecified atom stereocenters. The number of amides is 1. The molecule has 3 atom stereocenters. The molecule has 5 heteroatoms. The molecule has 156 valence electrons. The summed E-state index contributed by atoms with van der Waals surface area (Å²) in [4.78, 5) is 13.2. The van der Waals surface area contributed by atoms with Crippen LogP contribution in [0.4, 0.5) is 4.39 Å². The van der Waals surface area contributed by atoms with Crippen molar-refractivity contribution in [3.05, 3.63) is 35.6 Å². The van der Waals surface area contributed by atoms with Gasteiger partial charge in [0.2, 0.25) is 0 Å². The molecule has 5 aliphatic rings. The SMILES string of the molecule is CCCCCN1N=C(C(=O)NC23CC4CC(CC2C4)C3)CC1c1ccccc1F. The minimum absolute atomic E-state index is 0.0102. The molecule has 29 heavy (non-hydrogen) atoms. The van der Waals surface area contributed by atoms with Crippen LogP contribution in [-0.4, -0.2) is 28.7 Å². The maximum Gasteiger partial charge on any atom is 0.268 e. The molecule has 6 rings (SSSR count). The fourth-order valence-corrected chi connectivity index (χ4v) is 6.74. The second kappa shape index (κ2) is 7.41.